The molecule has 0 atom stereocenters. The molecule has 0 saturated heterocycles. The minimum absolute atomic E-state index is 0.374. The molecule has 2 rings (SSSR count). The molecule has 1 nitrogen and oxygen atoms in total. The Bertz CT molecular complexity index is 579. The number of benzene rings is 2. The molecule has 18 heavy (non-hydrogen) atoms. The van der Waals surface area contributed by atoms with Crippen molar-refractivity contribution in [2.45, 2.75) is 39.5 Å². The van der Waals surface area contributed by atoms with Crippen molar-refractivity contribution in [3.63, 3.8) is 0 Å². The lowest BCUT2D eigenvalue weighted by Gasteiger charge is -2.12. The van der Waals surface area contributed by atoms with E-state index in [2.05, 4.69) is 52.0 Å². The second-order valence-electron chi connectivity index (χ2n) is 5.51. The molecule has 0 aromatic heterocycles. The summed E-state index contributed by atoms with van der Waals surface area (Å²) in [5.74, 6) is 0.887. The van der Waals surface area contributed by atoms with Crippen molar-refractivity contribution in [1.29, 1.82) is 0 Å². The van der Waals surface area contributed by atoms with Crippen LogP contribution in [0.15, 0.2) is 30.3 Å². The van der Waals surface area contributed by atoms with Crippen molar-refractivity contribution < 1.29 is 4.79 Å². The highest BCUT2D eigenvalue weighted by molar-refractivity contribution is 5.91. The predicted molar refractivity (Wildman–Crippen MR) is 77.5 cm³/mol. The zero-order valence-electron chi connectivity index (χ0n) is 11.5. The fraction of sp³-hybridized carbons (Fsp3) is 0.353. The first kappa shape index (κ1) is 12.8. The fourth-order valence-electron chi connectivity index (χ4n) is 2.31. The van der Waals surface area contributed by atoms with Gasteiger partial charge in [0.25, 0.3) is 0 Å². The van der Waals surface area contributed by atoms with Crippen LogP contribution in [0.25, 0.3) is 10.8 Å². The minimum Gasteiger partial charge on any atom is -0.298 e. The standard InChI is InChI=1S/C17H20O/c1-11(2)13-5-6-14-9-17(12(3)4)16(10-18)8-15(14)7-13/h5-12H,1-4H3. The van der Waals surface area contributed by atoms with Crippen LogP contribution >= 0.6 is 0 Å². The van der Waals surface area contributed by atoms with Gasteiger partial charge in [-0.1, -0.05) is 52.0 Å². The van der Waals surface area contributed by atoms with Crippen LogP contribution in [0.3, 0.4) is 0 Å². The Morgan fingerprint density at radius 1 is 0.889 bits per heavy atom. The van der Waals surface area contributed by atoms with Gasteiger partial charge in [0.1, 0.15) is 6.29 Å². The van der Waals surface area contributed by atoms with Gasteiger partial charge in [-0.2, -0.15) is 0 Å². The van der Waals surface area contributed by atoms with Gasteiger partial charge in [0.15, 0.2) is 0 Å². The third-order valence-electron chi connectivity index (χ3n) is 3.48. The molecule has 0 saturated carbocycles. The molecule has 0 spiro atoms. The van der Waals surface area contributed by atoms with Crippen molar-refractivity contribution in [2.75, 3.05) is 0 Å². The molecule has 0 N–H and O–H groups in total. The molecule has 0 bridgehead atoms. The van der Waals surface area contributed by atoms with Crippen LogP contribution in [0, 0.1) is 0 Å². The Morgan fingerprint density at radius 3 is 2.17 bits per heavy atom. The summed E-state index contributed by atoms with van der Waals surface area (Å²) in [5.41, 5.74) is 3.27. The first-order valence-corrected chi connectivity index (χ1v) is 6.55. The van der Waals surface area contributed by atoms with Crippen LogP contribution in [-0.4, -0.2) is 6.29 Å². The highest BCUT2D eigenvalue weighted by atomic mass is 16.1. The van der Waals surface area contributed by atoms with E-state index in [1.54, 1.807) is 0 Å². The molecule has 1 heteroatoms. The number of fused-ring (bicyclic) bond motifs is 1. The van der Waals surface area contributed by atoms with Gasteiger partial charge >= 0.3 is 0 Å². The number of aldehydes is 1. The summed E-state index contributed by atoms with van der Waals surface area (Å²) in [4.78, 5) is 11.2. The molecule has 0 amide bonds. The topological polar surface area (TPSA) is 17.1 Å². The summed E-state index contributed by atoms with van der Waals surface area (Å²) in [6.45, 7) is 8.61. The molecule has 2 aromatic carbocycles. The number of rotatable bonds is 3. The number of carbonyl (C=O) groups excluding carboxylic acids is 1. The van der Waals surface area contributed by atoms with Crippen molar-refractivity contribution in [3.05, 3.63) is 47.0 Å². The Kier molecular flexibility index (Phi) is 3.51. The Labute approximate surface area is 109 Å². The molecule has 0 unspecified atom stereocenters. The van der Waals surface area contributed by atoms with Gasteiger partial charge in [0.2, 0.25) is 0 Å². The van der Waals surface area contributed by atoms with Gasteiger partial charge in [-0.05, 0) is 39.8 Å². The molecular weight excluding hydrogens is 220 g/mol. The lowest BCUT2D eigenvalue weighted by molar-refractivity contribution is 0.112. The van der Waals surface area contributed by atoms with Crippen molar-refractivity contribution in [2.24, 2.45) is 0 Å². The summed E-state index contributed by atoms with van der Waals surface area (Å²) in [7, 11) is 0. The minimum atomic E-state index is 0.374. The number of hydrogen-bond donors (Lipinski definition) is 0. The van der Waals surface area contributed by atoms with Crippen LogP contribution in [0.2, 0.25) is 0 Å². The molecule has 0 fully saturated rings. The molecule has 0 radical (unpaired) electrons. The zero-order chi connectivity index (χ0) is 13.3. The largest absolute Gasteiger partial charge is 0.298 e. The Hall–Kier alpha value is -1.63. The lowest BCUT2D eigenvalue weighted by Crippen LogP contribution is -1.96. The third-order valence-corrected chi connectivity index (χ3v) is 3.48. The highest BCUT2D eigenvalue weighted by Crippen LogP contribution is 2.27. The summed E-state index contributed by atoms with van der Waals surface area (Å²) in [6.07, 6.45) is 0.969. The van der Waals surface area contributed by atoms with Gasteiger partial charge in [0, 0.05) is 5.56 Å². The van der Waals surface area contributed by atoms with E-state index >= 15 is 0 Å². The molecule has 2 aromatic rings. The number of carbonyl (C=O) groups is 1. The molecule has 0 aliphatic carbocycles. The van der Waals surface area contributed by atoms with E-state index in [4.69, 9.17) is 0 Å². The van der Waals surface area contributed by atoms with E-state index < -0.39 is 0 Å². The smallest absolute Gasteiger partial charge is 0.150 e. The predicted octanol–water partition coefficient (Wildman–Crippen LogP) is 4.90. The van der Waals surface area contributed by atoms with Crippen molar-refractivity contribution in [3.8, 4) is 0 Å². The second kappa shape index (κ2) is 4.93. The van der Waals surface area contributed by atoms with E-state index in [-0.39, 0.29) is 0 Å². The maximum atomic E-state index is 11.2. The second-order valence-corrected chi connectivity index (χ2v) is 5.51. The molecule has 0 aliphatic rings. The monoisotopic (exact) mass is 240 g/mol. The van der Waals surface area contributed by atoms with Gasteiger partial charge < -0.3 is 0 Å². The molecular formula is C17H20O. The van der Waals surface area contributed by atoms with Gasteiger partial charge in [-0.25, -0.2) is 0 Å². The van der Waals surface area contributed by atoms with E-state index in [1.165, 1.54) is 10.9 Å². The fourth-order valence-corrected chi connectivity index (χ4v) is 2.31. The van der Waals surface area contributed by atoms with Gasteiger partial charge in [-0.3, -0.25) is 4.79 Å². The SMILES string of the molecule is CC(C)c1ccc2cc(C(C)C)c(C=O)cc2c1. The summed E-state index contributed by atoms with van der Waals surface area (Å²) < 4.78 is 0. The van der Waals surface area contributed by atoms with Crippen LogP contribution in [0.5, 0.6) is 0 Å². The molecule has 0 aliphatic heterocycles. The summed E-state index contributed by atoms with van der Waals surface area (Å²) >= 11 is 0. The quantitative estimate of drug-likeness (QED) is 0.697. The zero-order valence-corrected chi connectivity index (χ0v) is 11.5. The first-order chi connectivity index (χ1) is 8.52. The van der Waals surface area contributed by atoms with Gasteiger partial charge in [-0.15, -0.1) is 0 Å². The summed E-state index contributed by atoms with van der Waals surface area (Å²) in [6, 6.07) is 10.7. The third kappa shape index (κ3) is 2.31. The average Bonchev–Trinajstić information content (AvgIpc) is 2.36. The molecule has 0 heterocycles. The Balaban J connectivity index is 2.67. The van der Waals surface area contributed by atoms with Crippen LogP contribution in [0.4, 0.5) is 0 Å². The van der Waals surface area contributed by atoms with Crippen LogP contribution in [-0.2, 0) is 0 Å². The van der Waals surface area contributed by atoms with E-state index in [0.717, 1.165) is 22.8 Å². The highest BCUT2D eigenvalue weighted by Gasteiger charge is 2.09. The first-order valence-electron chi connectivity index (χ1n) is 6.55. The maximum Gasteiger partial charge on any atom is 0.150 e. The van der Waals surface area contributed by atoms with E-state index in [0.29, 0.717) is 11.8 Å². The van der Waals surface area contributed by atoms with Crippen molar-refractivity contribution >= 4 is 17.1 Å². The summed E-state index contributed by atoms with van der Waals surface area (Å²) in [5, 5.41) is 2.38. The van der Waals surface area contributed by atoms with Crippen molar-refractivity contribution in [1.82, 2.24) is 0 Å². The van der Waals surface area contributed by atoms with E-state index in [9.17, 15) is 4.79 Å². The number of hydrogen-bond acceptors (Lipinski definition) is 1. The average molecular weight is 240 g/mol. The Morgan fingerprint density at radius 2 is 1.61 bits per heavy atom. The normalized spacial score (nSPS) is 11.4. The van der Waals surface area contributed by atoms with E-state index in [1.807, 2.05) is 6.07 Å². The maximum absolute atomic E-state index is 11.2. The molecule has 94 valence electrons. The lowest BCUT2D eigenvalue weighted by atomic mass is 9.92. The van der Waals surface area contributed by atoms with Crippen LogP contribution in [0.1, 0.15) is 61.0 Å². The van der Waals surface area contributed by atoms with Crippen LogP contribution < -0.4 is 0 Å². The van der Waals surface area contributed by atoms with Gasteiger partial charge in [0.05, 0.1) is 0 Å².